The van der Waals surface area contributed by atoms with E-state index < -0.39 is 0 Å². The lowest BCUT2D eigenvalue weighted by Crippen LogP contribution is -2.14. The average molecular weight is 397 g/mol. The maximum Gasteiger partial charge on any atom is 0.234 e. The highest BCUT2D eigenvalue weighted by molar-refractivity contribution is 14.1. The highest BCUT2D eigenvalue weighted by Gasteiger charge is 2.05. The number of carbonyl (C=O) groups is 1. The Morgan fingerprint density at radius 3 is 2.75 bits per heavy atom. The Morgan fingerprint density at radius 2 is 2.00 bits per heavy atom. The van der Waals surface area contributed by atoms with Crippen molar-refractivity contribution in [3.8, 4) is 0 Å². The van der Waals surface area contributed by atoms with Crippen LogP contribution in [-0.2, 0) is 10.5 Å². The van der Waals surface area contributed by atoms with Crippen molar-refractivity contribution in [1.82, 2.24) is 0 Å². The number of aryl methyl sites for hydroxylation is 1. The molecule has 0 aliphatic carbocycles. The molecule has 2 aromatic rings. The Balaban J connectivity index is 1.80. The van der Waals surface area contributed by atoms with Crippen molar-refractivity contribution in [3.63, 3.8) is 0 Å². The molecular formula is C16H16INOS. The number of halogens is 1. The third kappa shape index (κ3) is 4.83. The number of para-hydroxylation sites is 1. The van der Waals surface area contributed by atoms with Gasteiger partial charge in [-0.1, -0.05) is 42.0 Å². The van der Waals surface area contributed by atoms with E-state index in [1.54, 1.807) is 11.8 Å². The number of hydrogen-bond acceptors (Lipinski definition) is 2. The van der Waals surface area contributed by atoms with Crippen LogP contribution in [0, 0.1) is 10.5 Å². The fourth-order valence-electron chi connectivity index (χ4n) is 1.81. The molecule has 0 atom stereocenters. The van der Waals surface area contributed by atoms with Gasteiger partial charge in [0.25, 0.3) is 0 Å². The van der Waals surface area contributed by atoms with Crippen LogP contribution < -0.4 is 5.32 Å². The molecule has 0 heterocycles. The predicted octanol–water partition coefficient (Wildman–Crippen LogP) is 4.47. The maximum atomic E-state index is 11.9. The molecule has 2 rings (SSSR count). The van der Waals surface area contributed by atoms with Crippen molar-refractivity contribution in [1.29, 1.82) is 0 Å². The summed E-state index contributed by atoms with van der Waals surface area (Å²) in [5, 5.41) is 2.94. The second kappa shape index (κ2) is 7.69. The van der Waals surface area contributed by atoms with Gasteiger partial charge >= 0.3 is 0 Å². The van der Waals surface area contributed by atoms with Gasteiger partial charge in [0.2, 0.25) is 5.91 Å². The van der Waals surface area contributed by atoms with Crippen LogP contribution in [0.3, 0.4) is 0 Å². The molecule has 0 spiro atoms. The molecule has 0 saturated carbocycles. The number of rotatable bonds is 5. The van der Waals surface area contributed by atoms with Gasteiger partial charge in [0.15, 0.2) is 0 Å². The van der Waals surface area contributed by atoms with Gasteiger partial charge in [-0.3, -0.25) is 4.79 Å². The number of amides is 1. The van der Waals surface area contributed by atoms with Gasteiger partial charge in [-0.2, -0.15) is 0 Å². The van der Waals surface area contributed by atoms with Crippen molar-refractivity contribution in [2.45, 2.75) is 12.7 Å². The summed E-state index contributed by atoms with van der Waals surface area (Å²) in [5.74, 6) is 1.38. The second-order valence-electron chi connectivity index (χ2n) is 4.51. The number of anilines is 1. The summed E-state index contributed by atoms with van der Waals surface area (Å²) in [5.41, 5.74) is 3.40. The topological polar surface area (TPSA) is 29.1 Å². The van der Waals surface area contributed by atoms with E-state index in [1.165, 1.54) is 11.1 Å². The monoisotopic (exact) mass is 397 g/mol. The van der Waals surface area contributed by atoms with Gasteiger partial charge in [-0.05, 0) is 47.2 Å². The van der Waals surface area contributed by atoms with Crippen molar-refractivity contribution >= 4 is 45.9 Å². The Kier molecular flexibility index (Phi) is 5.91. The first kappa shape index (κ1) is 15.4. The molecule has 0 radical (unpaired) electrons. The van der Waals surface area contributed by atoms with E-state index in [4.69, 9.17) is 0 Å². The zero-order valence-electron chi connectivity index (χ0n) is 11.2. The highest BCUT2D eigenvalue weighted by Crippen LogP contribution is 2.18. The Morgan fingerprint density at radius 1 is 1.20 bits per heavy atom. The molecule has 2 aromatic carbocycles. The minimum absolute atomic E-state index is 0.0479. The van der Waals surface area contributed by atoms with Gasteiger partial charge in [-0.25, -0.2) is 0 Å². The summed E-state index contributed by atoms with van der Waals surface area (Å²) < 4.78 is 1.06. The van der Waals surface area contributed by atoms with Crippen molar-refractivity contribution in [3.05, 3.63) is 63.2 Å². The van der Waals surface area contributed by atoms with Crippen LogP contribution in [0.5, 0.6) is 0 Å². The van der Waals surface area contributed by atoms with Crippen molar-refractivity contribution < 1.29 is 4.79 Å². The molecule has 0 bridgehead atoms. The summed E-state index contributed by atoms with van der Waals surface area (Å²) in [7, 11) is 0. The maximum absolute atomic E-state index is 11.9. The molecule has 0 fully saturated rings. The normalized spacial score (nSPS) is 10.3. The van der Waals surface area contributed by atoms with E-state index >= 15 is 0 Å². The van der Waals surface area contributed by atoms with Gasteiger partial charge in [-0.15, -0.1) is 11.8 Å². The van der Waals surface area contributed by atoms with Crippen LogP contribution in [0.25, 0.3) is 0 Å². The molecule has 0 aromatic heterocycles. The van der Waals surface area contributed by atoms with E-state index in [-0.39, 0.29) is 5.91 Å². The Labute approximate surface area is 137 Å². The third-order valence-electron chi connectivity index (χ3n) is 2.73. The quantitative estimate of drug-likeness (QED) is 0.755. The summed E-state index contributed by atoms with van der Waals surface area (Å²) in [4.78, 5) is 11.9. The minimum atomic E-state index is 0.0479. The molecule has 1 N–H and O–H groups in total. The molecule has 0 aliphatic heterocycles. The van der Waals surface area contributed by atoms with Crippen LogP contribution in [0.15, 0.2) is 48.5 Å². The predicted molar refractivity (Wildman–Crippen MR) is 95.1 cm³/mol. The zero-order valence-corrected chi connectivity index (χ0v) is 14.2. The summed E-state index contributed by atoms with van der Waals surface area (Å²) in [6.45, 7) is 2.08. The van der Waals surface area contributed by atoms with Gasteiger partial charge in [0.1, 0.15) is 0 Å². The largest absolute Gasteiger partial charge is 0.324 e. The summed E-state index contributed by atoms with van der Waals surface area (Å²) in [6, 6.07) is 16.2. The molecule has 1 amide bonds. The Hall–Kier alpha value is -1.01. The van der Waals surface area contributed by atoms with Crippen LogP contribution >= 0.6 is 34.4 Å². The number of nitrogens with one attached hydrogen (secondary N) is 1. The Bertz CT molecular complexity index is 601. The fourth-order valence-corrected chi connectivity index (χ4v) is 3.11. The van der Waals surface area contributed by atoms with E-state index in [0.717, 1.165) is 15.0 Å². The fraction of sp³-hybridized carbons (Fsp3) is 0.188. The third-order valence-corrected chi connectivity index (χ3v) is 4.68. The van der Waals surface area contributed by atoms with Gasteiger partial charge < -0.3 is 5.32 Å². The lowest BCUT2D eigenvalue weighted by Gasteiger charge is -2.07. The number of hydrogen-bond donors (Lipinski definition) is 1. The molecule has 104 valence electrons. The standard InChI is InChI=1S/C16H16INOS/c1-12-5-4-6-13(9-12)10-20-11-16(19)18-15-8-3-2-7-14(15)17/h2-9H,10-11H2,1H3,(H,18,19). The smallest absolute Gasteiger partial charge is 0.234 e. The van der Waals surface area contributed by atoms with E-state index in [1.807, 2.05) is 24.3 Å². The molecule has 0 unspecified atom stereocenters. The van der Waals surface area contributed by atoms with Crippen LogP contribution in [-0.4, -0.2) is 11.7 Å². The zero-order chi connectivity index (χ0) is 14.4. The highest BCUT2D eigenvalue weighted by atomic mass is 127. The first-order valence-corrected chi connectivity index (χ1v) is 8.56. The molecule has 0 saturated heterocycles. The average Bonchev–Trinajstić information content (AvgIpc) is 2.41. The minimum Gasteiger partial charge on any atom is -0.324 e. The second-order valence-corrected chi connectivity index (χ2v) is 6.66. The molecule has 0 aliphatic rings. The number of benzene rings is 2. The van der Waals surface area contributed by atoms with E-state index in [2.05, 4.69) is 59.1 Å². The van der Waals surface area contributed by atoms with Crippen LogP contribution in [0.2, 0.25) is 0 Å². The van der Waals surface area contributed by atoms with Crippen molar-refractivity contribution in [2.75, 3.05) is 11.1 Å². The van der Waals surface area contributed by atoms with Crippen LogP contribution in [0.4, 0.5) is 5.69 Å². The molecule has 20 heavy (non-hydrogen) atoms. The first-order chi connectivity index (χ1) is 9.65. The first-order valence-electron chi connectivity index (χ1n) is 6.33. The van der Waals surface area contributed by atoms with Gasteiger partial charge in [0, 0.05) is 9.32 Å². The lowest BCUT2D eigenvalue weighted by molar-refractivity contribution is -0.113. The lowest BCUT2D eigenvalue weighted by atomic mass is 10.2. The van der Waals surface area contributed by atoms with Crippen LogP contribution in [0.1, 0.15) is 11.1 Å². The molecule has 2 nitrogen and oxygen atoms in total. The van der Waals surface area contributed by atoms with Gasteiger partial charge in [0.05, 0.1) is 11.4 Å². The SMILES string of the molecule is Cc1cccc(CSCC(=O)Nc2ccccc2I)c1. The molecular weight excluding hydrogens is 381 g/mol. The number of thioether (sulfide) groups is 1. The van der Waals surface area contributed by atoms with E-state index in [9.17, 15) is 4.79 Å². The molecule has 4 heteroatoms. The van der Waals surface area contributed by atoms with E-state index in [0.29, 0.717) is 5.75 Å². The number of carbonyl (C=O) groups excluding carboxylic acids is 1. The summed E-state index contributed by atoms with van der Waals surface area (Å²) in [6.07, 6.45) is 0. The summed E-state index contributed by atoms with van der Waals surface area (Å²) >= 11 is 3.86. The van der Waals surface area contributed by atoms with Crippen molar-refractivity contribution in [2.24, 2.45) is 0 Å².